The molecule has 1 heterocycles. The average molecular weight is 460 g/mol. The van der Waals surface area contributed by atoms with E-state index >= 15 is 0 Å². The van der Waals surface area contributed by atoms with Crippen LogP contribution < -0.4 is 10.0 Å². The quantitative estimate of drug-likeness (QED) is 0.708. The van der Waals surface area contributed by atoms with E-state index in [0.717, 1.165) is 55.3 Å². The maximum atomic E-state index is 12.5. The van der Waals surface area contributed by atoms with Crippen molar-refractivity contribution in [2.24, 2.45) is 5.92 Å². The molecule has 3 aliphatic rings. The second-order valence-electron chi connectivity index (χ2n) is 8.91. The molecule has 4 rings (SSSR count). The summed E-state index contributed by atoms with van der Waals surface area (Å²) in [6.45, 7) is -0.568. The summed E-state index contributed by atoms with van der Waals surface area (Å²) < 4.78 is 64.6. The molecule has 6 nitrogen and oxygen atoms in total. The van der Waals surface area contributed by atoms with Gasteiger partial charge in [0.2, 0.25) is 10.0 Å². The van der Waals surface area contributed by atoms with Gasteiger partial charge in [-0.2, -0.15) is 13.2 Å². The molecule has 0 saturated carbocycles. The van der Waals surface area contributed by atoms with Crippen LogP contribution in [-0.2, 0) is 35.7 Å². The predicted molar refractivity (Wildman–Crippen MR) is 112 cm³/mol. The summed E-state index contributed by atoms with van der Waals surface area (Å²) in [6.07, 6.45) is 2.23. The molecule has 2 amide bonds. The maximum Gasteiger partial charge on any atom is 0.401 e. The van der Waals surface area contributed by atoms with E-state index in [9.17, 15) is 26.4 Å². The first-order chi connectivity index (χ1) is 14.6. The van der Waals surface area contributed by atoms with Gasteiger partial charge in [0.15, 0.2) is 0 Å². The van der Waals surface area contributed by atoms with Crippen LogP contribution in [0.25, 0.3) is 0 Å². The molecule has 1 saturated heterocycles. The van der Waals surface area contributed by atoms with Gasteiger partial charge in [0.05, 0.1) is 12.3 Å². The van der Waals surface area contributed by atoms with E-state index in [2.05, 4.69) is 16.1 Å². The lowest BCUT2D eigenvalue weighted by molar-refractivity contribution is -0.148. The fourth-order valence-electron chi connectivity index (χ4n) is 5.16. The van der Waals surface area contributed by atoms with Crippen molar-refractivity contribution in [3.8, 4) is 0 Å². The smallest absolute Gasteiger partial charge is 0.307 e. The molecule has 31 heavy (non-hydrogen) atoms. The molecular formula is C21H28F3N3O3S. The Balaban J connectivity index is 1.34. The monoisotopic (exact) mass is 459 g/mol. The number of halogens is 3. The Bertz CT molecular complexity index is 923. The average Bonchev–Trinajstić information content (AvgIpc) is 3.30. The van der Waals surface area contributed by atoms with Crippen molar-refractivity contribution in [3.05, 3.63) is 28.3 Å². The Morgan fingerprint density at radius 2 is 1.61 bits per heavy atom. The lowest BCUT2D eigenvalue weighted by Crippen LogP contribution is -2.43. The largest absolute Gasteiger partial charge is 0.401 e. The van der Waals surface area contributed by atoms with Crippen molar-refractivity contribution < 1.29 is 26.4 Å². The number of alkyl halides is 3. The van der Waals surface area contributed by atoms with Crippen LogP contribution in [0.3, 0.4) is 0 Å². The SMILES string of the molecule is O=C(Nc1c2c(cc3c1CCC3)CCC2)NS(=O)(=O)CC1CCN(CC(F)(F)F)CC1. The first-order valence-corrected chi connectivity index (χ1v) is 12.5. The Morgan fingerprint density at radius 1 is 1.03 bits per heavy atom. The molecule has 0 atom stereocenters. The molecule has 0 spiro atoms. The number of piperidine rings is 1. The molecule has 1 aliphatic heterocycles. The lowest BCUT2D eigenvalue weighted by Gasteiger charge is -2.32. The molecule has 2 aliphatic carbocycles. The van der Waals surface area contributed by atoms with Crippen LogP contribution in [0.5, 0.6) is 0 Å². The van der Waals surface area contributed by atoms with Gasteiger partial charge >= 0.3 is 12.2 Å². The number of aryl methyl sites for hydroxylation is 2. The van der Waals surface area contributed by atoms with Gasteiger partial charge < -0.3 is 5.32 Å². The minimum absolute atomic E-state index is 0.203. The van der Waals surface area contributed by atoms with Gasteiger partial charge in [-0.3, -0.25) is 4.90 Å². The highest BCUT2D eigenvalue weighted by Gasteiger charge is 2.34. The molecule has 1 aromatic rings. The normalized spacial score (nSPS) is 19.8. The molecule has 0 aromatic heterocycles. The fraction of sp³-hybridized carbons (Fsp3) is 0.667. The summed E-state index contributed by atoms with van der Waals surface area (Å²) >= 11 is 0. The molecule has 1 aromatic carbocycles. The zero-order chi connectivity index (χ0) is 22.2. The molecule has 10 heteroatoms. The Morgan fingerprint density at radius 3 is 2.16 bits per heavy atom. The number of likely N-dealkylation sites (tertiary alicyclic amines) is 1. The summed E-state index contributed by atoms with van der Waals surface area (Å²) in [7, 11) is -3.88. The van der Waals surface area contributed by atoms with Gasteiger partial charge in [-0.1, -0.05) is 6.07 Å². The van der Waals surface area contributed by atoms with Gasteiger partial charge in [-0.05, 0) is 92.6 Å². The summed E-state index contributed by atoms with van der Waals surface area (Å²) in [4.78, 5) is 13.8. The van der Waals surface area contributed by atoms with Crippen molar-refractivity contribution in [1.82, 2.24) is 9.62 Å². The number of hydrogen-bond donors (Lipinski definition) is 2. The summed E-state index contributed by atoms with van der Waals surface area (Å²) in [5.41, 5.74) is 5.49. The van der Waals surface area contributed by atoms with Crippen molar-refractivity contribution >= 4 is 21.7 Å². The van der Waals surface area contributed by atoms with Gasteiger partial charge in [-0.15, -0.1) is 0 Å². The second kappa shape index (κ2) is 8.61. The van der Waals surface area contributed by atoms with Crippen molar-refractivity contribution in [2.75, 3.05) is 30.7 Å². The second-order valence-corrected chi connectivity index (χ2v) is 10.7. The number of urea groups is 1. The molecule has 0 bridgehead atoms. The van der Waals surface area contributed by atoms with Crippen molar-refractivity contribution in [2.45, 2.75) is 57.5 Å². The Kier molecular flexibility index (Phi) is 6.22. The number of carbonyl (C=O) groups excluding carboxylic acids is 1. The summed E-state index contributed by atoms with van der Waals surface area (Å²) in [5, 5.41) is 2.81. The fourth-order valence-corrected chi connectivity index (χ4v) is 6.53. The topological polar surface area (TPSA) is 78.5 Å². The third-order valence-corrected chi connectivity index (χ3v) is 7.93. The number of benzene rings is 1. The van der Waals surface area contributed by atoms with E-state index in [1.165, 1.54) is 16.0 Å². The van der Waals surface area contributed by atoms with Gasteiger partial charge in [-0.25, -0.2) is 17.9 Å². The van der Waals surface area contributed by atoms with E-state index < -0.39 is 28.8 Å². The molecule has 0 unspecified atom stereocenters. The van der Waals surface area contributed by atoms with Gasteiger partial charge in [0.25, 0.3) is 0 Å². The standard InChI is InChI=1S/C21H28F3N3O3S/c22-21(23,24)13-27-9-7-14(8-10-27)12-31(29,30)26-20(28)25-19-17-5-1-3-15(17)11-16-4-2-6-18(16)19/h11,14H,1-10,12-13H2,(H2,25,26,28). The first kappa shape index (κ1) is 22.4. The zero-order valence-corrected chi connectivity index (χ0v) is 18.2. The summed E-state index contributed by atoms with van der Waals surface area (Å²) in [6, 6.07) is 1.47. The number of nitrogens with one attached hydrogen (secondary N) is 2. The highest BCUT2D eigenvalue weighted by molar-refractivity contribution is 7.90. The number of sulfonamides is 1. The van der Waals surface area contributed by atoms with E-state index in [1.807, 2.05) is 0 Å². The highest BCUT2D eigenvalue weighted by Crippen LogP contribution is 2.38. The van der Waals surface area contributed by atoms with E-state index in [1.54, 1.807) is 0 Å². The van der Waals surface area contributed by atoms with Gasteiger partial charge in [0.1, 0.15) is 0 Å². The number of carbonyl (C=O) groups is 1. The van der Waals surface area contributed by atoms with Crippen LogP contribution in [0, 0.1) is 5.92 Å². The number of fused-ring (bicyclic) bond motifs is 2. The number of nitrogens with zero attached hydrogens (tertiary/aromatic N) is 1. The van der Waals surface area contributed by atoms with Crippen LogP contribution in [0.4, 0.5) is 23.7 Å². The summed E-state index contributed by atoms with van der Waals surface area (Å²) in [5.74, 6) is -0.523. The lowest BCUT2D eigenvalue weighted by atomic mass is 9.99. The molecule has 2 N–H and O–H groups in total. The number of hydrogen-bond acceptors (Lipinski definition) is 4. The Labute approximate surface area is 180 Å². The first-order valence-electron chi connectivity index (χ1n) is 10.9. The van der Waals surface area contributed by atoms with Crippen LogP contribution in [0.1, 0.15) is 47.9 Å². The van der Waals surface area contributed by atoms with Crippen LogP contribution in [-0.4, -0.2) is 50.9 Å². The van der Waals surface area contributed by atoms with Crippen LogP contribution in [0.2, 0.25) is 0 Å². The van der Waals surface area contributed by atoms with E-state index in [0.29, 0.717) is 12.8 Å². The van der Waals surface area contributed by atoms with E-state index in [4.69, 9.17) is 0 Å². The predicted octanol–water partition coefficient (Wildman–Crippen LogP) is 3.39. The Hall–Kier alpha value is -1.81. The molecule has 172 valence electrons. The van der Waals surface area contributed by atoms with Crippen LogP contribution >= 0.6 is 0 Å². The number of rotatable bonds is 5. The molecular weight excluding hydrogens is 431 g/mol. The minimum atomic E-state index is -4.25. The number of amides is 2. The molecule has 1 fully saturated rings. The zero-order valence-electron chi connectivity index (χ0n) is 17.4. The molecule has 0 radical (unpaired) electrons. The highest BCUT2D eigenvalue weighted by atomic mass is 32.2. The van der Waals surface area contributed by atoms with Crippen molar-refractivity contribution in [3.63, 3.8) is 0 Å². The third kappa shape index (κ3) is 5.52. The third-order valence-electron chi connectivity index (χ3n) is 6.52. The van der Waals surface area contributed by atoms with Crippen LogP contribution in [0.15, 0.2) is 6.07 Å². The van der Waals surface area contributed by atoms with Gasteiger partial charge in [0, 0.05) is 5.69 Å². The number of anilines is 1. The minimum Gasteiger partial charge on any atom is -0.307 e. The maximum absolute atomic E-state index is 12.5. The van der Waals surface area contributed by atoms with Crippen molar-refractivity contribution in [1.29, 1.82) is 0 Å². The van der Waals surface area contributed by atoms with E-state index in [-0.39, 0.29) is 24.8 Å².